The Morgan fingerprint density at radius 1 is 1.05 bits per heavy atom. The SMILES string of the molecule is O=C(Cc1ccccc1O)N/N=C/c1ccccc1O. The molecule has 0 spiro atoms. The van der Waals surface area contributed by atoms with Crippen LogP contribution in [0.3, 0.4) is 0 Å². The van der Waals surface area contributed by atoms with Gasteiger partial charge in [-0.05, 0) is 18.2 Å². The highest BCUT2D eigenvalue weighted by molar-refractivity contribution is 5.85. The van der Waals surface area contributed by atoms with E-state index in [1.165, 1.54) is 18.3 Å². The number of phenolic OH excluding ortho intramolecular Hbond substituents is 2. The molecular weight excluding hydrogens is 256 g/mol. The Bertz CT molecular complexity index is 639. The predicted molar refractivity (Wildman–Crippen MR) is 75.7 cm³/mol. The lowest BCUT2D eigenvalue weighted by Gasteiger charge is -2.03. The van der Waals surface area contributed by atoms with Crippen LogP contribution in [0.2, 0.25) is 0 Å². The Balaban J connectivity index is 1.93. The van der Waals surface area contributed by atoms with Crippen molar-refractivity contribution in [2.24, 2.45) is 5.10 Å². The lowest BCUT2D eigenvalue weighted by atomic mass is 10.1. The Labute approximate surface area is 116 Å². The largest absolute Gasteiger partial charge is 0.508 e. The Kier molecular flexibility index (Phi) is 4.34. The van der Waals surface area contributed by atoms with Crippen molar-refractivity contribution in [3.63, 3.8) is 0 Å². The number of para-hydroxylation sites is 2. The van der Waals surface area contributed by atoms with E-state index in [1.54, 1.807) is 36.4 Å². The van der Waals surface area contributed by atoms with Crippen molar-refractivity contribution in [2.75, 3.05) is 0 Å². The number of phenols is 2. The van der Waals surface area contributed by atoms with Gasteiger partial charge >= 0.3 is 0 Å². The van der Waals surface area contributed by atoms with Gasteiger partial charge in [0.05, 0.1) is 12.6 Å². The Hall–Kier alpha value is -2.82. The van der Waals surface area contributed by atoms with Crippen LogP contribution in [-0.4, -0.2) is 22.3 Å². The van der Waals surface area contributed by atoms with Gasteiger partial charge in [0.15, 0.2) is 0 Å². The van der Waals surface area contributed by atoms with Crippen LogP contribution < -0.4 is 5.43 Å². The van der Waals surface area contributed by atoms with Gasteiger partial charge in [-0.3, -0.25) is 4.79 Å². The van der Waals surface area contributed by atoms with Gasteiger partial charge in [-0.1, -0.05) is 30.3 Å². The van der Waals surface area contributed by atoms with Gasteiger partial charge in [0, 0.05) is 11.1 Å². The summed E-state index contributed by atoms with van der Waals surface area (Å²) in [7, 11) is 0. The Morgan fingerprint density at radius 3 is 2.40 bits per heavy atom. The number of carbonyl (C=O) groups is 1. The average Bonchev–Trinajstić information content (AvgIpc) is 2.43. The second-order valence-electron chi connectivity index (χ2n) is 4.16. The number of hydrogen-bond acceptors (Lipinski definition) is 4. The zero-order chi connectivity index (χ0) is 14.4. The van der Waals surface area contributed by atoms with Crippen LogP contribution >= 0.6 is 0 Å². The molecule has 0 aliphatic heterocycles. The summed E-state index contributed by atoms with van der Waals surface area (Å²) in [5, 5.41) is 22.8. The van der Waals surface area contributed by atoms with Gasteiger partial charge in [-0.25, -0.2) is 5.43 Å². The van der Waals surface area contributed by atoms with Gasteiger partial charge < -0.3 is 10.2 Å². The number of nitrogens with one attached hydrogen (secondary N) is 1. The molecular formula is C15H14N2O3. The minimum absolute atomic E-state index is 0.0325. The summed E-state index contributed by atoms with van der Waals surface area (Å²) in [6.07, 6.45) is 1.39. The number of benzene rings is 2. The normalized spacial score (nSPS) is 10.6. The lowest BCUT2D eigenvalue weighted by molar-refractivity contribution is -0.120. The summed E-state index contributed by atoms with van der Waals surface area (Å²) in [6.45, 7) is 0. The van der Waals surface area contributed by atoms with Crippen molar-refractivity contribution < 1.29 is 15.0 Å². The van der Waals surface area contributed by atoms with E-state index >= 15 is 0 Å². The molecule has 0 aromatic heterocycles. The lowest BCUT2D eigenvalue weighted by Crippen LogP contribution is -2.19. The molecule has 0 atom stereocenters. The van der Waals surface area contributed by atoms with E-state index in [2.05, 4.69) is 10.5 Å². The number of rotatable bonds is 4. The summed E-state index contributed by atoms with van der Waals surface area (Å²) in [6, 6.07) is 13.3. The minimum atomic E-state index is -0.349. The molecule has 0 radical (unpaired) electrons. The third-order valence-electron chi connectivity index (χ3n) is 2.67. The molecule has 0 heterocycles. The van der Waals surface area contributed by atoms with Crippen LogP contribution in [0.25, 0.3) is 0 Å². The fraction of sp³-hybridized carbons (Fsp3) is 0.0667. The molecule has 0 aliphatic carbocycles. The van der Waals surface area contributed by atoms with Crippen LogP contribution in [0.1, 0.15) is 11.1 Å². The van der Waals surface area contributed by atoms with Gasteiger partial charge in [0.25, 0.3) is 0 Å². The fourth-order valence-electron chi connectivity index (χ4n) is 1.64. The molecule has 5 heteroatoms. The van der Waals surface area contributed by atoms with Crippen molar-refractivity contribution >= 4 is 12.1 Å². The monoisotopic (exact) mass is 270 g/mol. The highest BCUT2D eigenvalue weighted by Crippen LogP contribution is 2.16. The molecule has 0 bridgehead atoms. The van der Waals surface area contributed by atoms with E-state index in [0.29, 0.717) is 11.1 Å². The maximum atomic E-state index is 11.6. The van der Waals surface area contributed by atoms with Crippen LogP contribution in [0.15, 0.2) is 53.6 Å². The average molecular weight is 270 g/mol. The number of amides is 1. The first-order valence-corrected chi connectivity index (χ1v) is 6.03. The summed E-state index contributed by atoms with van der Waals surface area (Å²) < 4.78 is 0. The number of hydrogen-bond donors (Lipinski definition) is 3. The first-order valence-electron chi connectivity index (χ1n) is 6.03. The number of nitrogens with zero attached hydrogens (tertiary/aromatic N) is 1. The first-order chi connectivity index (χ1) is 9.66. The highest BCUT2D eigenvalue weighted by atomic mass is 16.3. The number of aromatic hydroxyl groups is 2. The van der Waals surface area contributed by atoms with Crippen LogP contribution in [0.4, 0.5) is 0 Å². The van der Waals surface area contributed by atoms with Crippen LogP contribution in [0.5, 0.6) is 11.5 Å². The molecule has 0 fully saturated rings. The van der Waals surface area contributed by atoms with Crippen molar-refractivity contribution in [2.45, 2.75) is 6.42 Å². The second kappa shape index (κ2) is 6.38. The maximum absolute atomic E-state index is 11.6. The molecule has 1 amide bonds. The molecule has 2 aromatic rings. The van der Waals surface area contributed by atoms with Gasteiger partial charge in [-0.15, -0.1) is 0 Å². The van der Waals surface area contributed by atoms with Gasteiger partial charge in [-0.2, -0.15) is 5.10 Å². The third kappa shape index (κ3) is 3.58. The Morgan fingerprint density at radius 2 is 1.70 bits per heavy atom. The molecule has 2 rings (SSSR count). The molecule has 0 unspecified atom stereocenters. The van der Waals surface area contributed by atoms with Gasteiger partial charge in [0.1, 0.15) is 11.5 Å². The predicted octanol–water partition coefficient (Wildman–Crippen LogP) is 1.79. The first kappa shape index (κ1) is 13.6. The molecule has 20 heavy (non-hydrogen) atoms. The van der Waals surface area contributed by atoms with E-state index in [4.69, 9.17) is 0 Å². The minimum Gasteiger partial charge on any atom is -0.508 e. The summed E-state index contributed by atoms with van der Waals surface area (Å²) >= 11 is 0. The van der Waals surface area contributed by atoms with E-state index in [1.807, 2.05) is 0 Å². The highest BCUT2D eigenvalue weighted by Gasteiger charge is 2.05. The van der Waals surface area contributed by atoms with E-state index in [9.17, 15) is 15.0 Å². The molecule has 0 saturated heterocycles. The maximum Gasteiger partial charge on any atom is 0.244 e. The quantitative estimate of drug-likeness (QED) is 0.585. The zero-order valence-corrected chi connectivity index (χ0v) is 10.7. The van der Waals surface area contributed by atoms with Crippen molar-refractivity contribution in [1.82, 2.24) is 5.43 Å². The fourth-order valence-corrected chi connectivity index (χ4v) is 1.64. The van der Waals surface area contributed by atoms with Gasteiger partial charge in [0.2, 0.25) is 5.91 Å². The second-order valence-corrected chi connectivity index (χ2v) is 4.16. The summed E-state index contributed by atoms with van der Waals surface area (Å²) in [4.78, 5) is 11.6. The zero-order valence-electron chi connectivity index (χ0n) is 10.7. The van der Waals surface area contributed by atoms with Crippen molar-refractivity contribution in [1.29, 1.82) is 0 Å². The molecule has 102 valence electrons. The molecule has 0 saturated carbocycles. The van der Waals surface area contributed by atoms with E-state index in [0.717, 1.165) is 0 Å². The molecule has 5 nitrogen and oxygen atoms in total. The third-order valence-corrected chi connectivity index (χ3v) is 2.67. The summed E-state index contributed by atoms with van der Waals surface area (Å²) in [5.41, 5.74) is 3.38. The molecule has 2 aromatic carbocycles. The topological polar surface area (TPSA) is 81.9 Å². The standard InChI is InChI=1S/C15H14N2O3/c18-13-7-3-1-5-11(13)9-15(20)17-16-10-12-6-2-4-8-14(12)19/h1-8,10,18-19H,9H2,(H,17,20)/b16-10+. The van der Waals surface area contributed by atoms with Crippen LogP contribution in [0, 0.1) is 0 Å². The molecule has 3 N–H and O–H groups in total. The van der Waals surface area contributed by atoms with Crippen molar-refractivity contribution in [3.05, 3.63) is 59.7 Å². The van der Waals surface area contributed by atoms with Crippen LogP contribution in [-0.2, 0) is 11.2 Å². The van der Waals surface area contributed by atoms with E-state index < -0.39 is 0 Å². The number of carbonyl (C=O) groups excluding carboxylic acids is 1. The smallest absolute Gasteiger partial charge is 0.244 e. The van der Waals surface area contributed by atoms with Crippen molar-refractivity contribution in [3.8, 4) is 11.5 Å². The molecule has 0 aliphatic rings. The summed E-state index contributed by atoms with van der Waals surface area (Å²) in [5.74, 6) is -0.184. The number of hydrazone groups is 1. The van der Waals surface area contributed by atoms with E-state index in [-0.39, 0.29) is 23.8 Å².